The highest BCUT2D eigenvalue weighted by Crippen LogP contribution is 2.20. The minimum atomic E-state index is 0.0990. The highest BCUT2D eigenvalue weighted by molar-refractivity contribution is 5.76. The zero-order chi connectivity index (χ0) is 14.4. The van der Waals surface area contributed by atoms with E-state index in [1.54, 1.807) is 6.20 Å². The van der Waals surface area contributed by atoms with Gasteiger partial charge in [-0.1, -0.05) is 13.3 Å². The van der Waals surface area contributed by atoms with E-state index in [2.05, 4.69) is 11.9 Å². The zero-order valence-electron chi connectivity index (χ0n) is 12.3. The van der Waals surface area contributed by atoms with Crippen molar-refractivity contribution in [3.8, 4) is 0 Å². The van der Waals surface area contributed by atoms with Gasteiger partial charge in [0.25, 0.3) is 0 Å². The van der Waals surface area contributed by atoms with Gasteiger partial charge in [0.1, 0.15) is 5.82 Å². The van der Waals surface area contributed by atoms with E-state index in [0.717, 1.165) is 37.7 Å². The fourth-order valence-electron chi connectivity index (χ4n) is 2.85. The number of aromatic nitrogens is 2. The minimum absolute atomic E-state index is 0.0990. The van der Waals surface area contributed by atoms with Crippen LogP contribution in [0.25, 0.3) is 0 Å². The van der Waals surface area contributed by atoms with Gasteiger partial charge in [-0.2, -0.15) is 0 Å². The smallest absolute Gasteiger partial charge is 0.223 e. The monoisotopic (exact) mass is 279 g/mol. The Balaban J connectivity index is 1.79. The van der Waals surface area contributed by atoms with E-state index in [4.69, 9.17) is 5.11 Å². The number of aliphatic hydroxyl groups excluding tert-OH is 1. The molecule has 5 nitrogen and oxygen atoms in total. The number of likely N-dealkylation sites (tertiary alicyclic amines) is 1. The number of piperidine rings is 1. The van der Waals surface area contributed by atoms with Crippen molar-refractivity contribution in [3.05, 3.63) is 18.2 Å². The van der Waals surface area contributed by atoms with Crippen molar-refractivity contribution >= 4 is 5.91 Å². The average molecular weight is 279 g/mol. The minimum Gasteiger partial charge on any atom is -0.395 e. The molecule has 1 N–H and O–H groups in total. The lowest BCUT2D eigenvalue weighted by atomic mass is 9.94. The Morgan fingerprint density at radius 1 is 1.45 bits per heavy atom. The van der Waals surface area contributed by atoms with Gasteiger partial charge in [-0.3, -0.25) is 4.79 Å². The van der Waals surface area contributed by atoms with Gasteiger partial charge in [0.05, 0.1) is 6.61 Å². The first-order valence-corrected chi connectivity index (χ1v) is 7.63. The molecule has 1 aliphatic heterocycles. The molecule has 0 aromatic carbocycles. The number of imidazole rings is 1. The van der Waals surface area contributed by atoms with Crippen LogP contribution in [-0.4, -0.2) is 45.2 Å². The maximum atomic E-state index is 12.2. The third-order valence-corrected chi connectivity index (χ3v) is 4.25. The Bertz CT molecular complexity index is 423. The molecule has 1 saturated heterocycles. The van der Waals surface area contributed by atoms with E-state index in [9.17, 15) is 4.79 Å². The van der Waals surface area contributed by atoms with E-state index in [-0.39, 0.29) is 12.5 Å². The maximum Gasteiger partial charge on any atom is 0.223 e. The molecule has 2 heterocycles. The number of rotatable bonds is 6. The van der Waals surface area contributed by atoms with Crippen molar-refractivity contribution in [1.29, 1.82) is 0 Å². The first-order valence-electron chi connectivity index (χ1n) is 7.63. The summed E-state index contributed by atoms with van der Waals surface area (Å²) >= 11 is 0. The van der Waals surface area contributed by atoms with Crippen molar-refractivity contribution < 1.29 is 9.90 Å². The van der Waals surface area contributed by atoms with Gasteiger partial charge in [-0.05, 0) is 18.8 Å². The average Bonchev–Trinajstić information content (AvgIpc) is 2.92. The molecule has 5 heteroatoms. The third-order valence-electron chi connectivity index (χ3n) is 4.25. The summed E-state index contributed by atoms with van der Waals surface area (Å²) in [7, 11) is 0. The number of aryl methyl sites for hydroxylation is 1. The second-order valence-corrected chi connectivity index (χ2v) is 5.49. The lowest BCUT2D eigenvalue weighted by Gasteiger charge is -2.31. The summed E-state index contributed by atoms with van der Waals surface area (Å²) in [6.07, 6.45) is 8.24. The highest BCUT2D eigenvalue weighted by Gasteiger charge is 2.21. The molecule has 20 heavy (non-hydrogen) atoms. The van der Waals surface area contributed by atoms with Crippen molar-refractivity contribution in [2.45, 2.75) is 45.6 Å². The first-order chi connectivity index (χ1) is 9.74. The Kier molecular flexibility index (Phi) is 5.59. The Morgan fingerprint density at radius 2 is 2.20 bits per heavy atom. The fraction of sp³-hybridized carbons (Fsp3) is 0.733. The summed E-state index contributed by atoms with van der Waals surface area (Å²) in [5.74, 6) is 1.91. The second kappa shape index (κ2) is 7.43. The number of hydrogen-bond donors (Lipinski definition) is 1. The molecule has 0 unspecified atom stereocenters. The summed E-state index contributed by atoms with van der Waals surface area (Å²) in [6.45, 7) is 4.68. The van der Waals surface area contributed by atoms with E-state index < -0.39 is 0 Å². The van der Waals surface area contributed by atoms with Gasteiger partial charge in [0, 0.05) is 44.9 Å². The van der Waals surface area contributed by atoms with Gasteiger partial charge in [0.15, 0.2) is 0 Å². The molecule has 0 spiro atoms. The molecule has 0 atom stereocenters. The van der Waals surface area contributed by atoms with Crippen LogP contribution in [0.3, 0.4) is 0 Å². The van der Waals surface area contributed by atoms with Gasteiger partial charge in [0.2, 0.25) is 5.91 Å². The molecule has 1 amide bonds. The van der Waals surface area contributed by atoms with Crippen LogP contribution in [0, 0.1) is 5.92 Å². The summed E-state index contributed by atoms with van der Waals surface area (Å²) in [5, 5.41) is 8.97. The lowest BCUT2D eigenvalue weighted by Crippen LogP contribution is -2.38. The molecule has 0 bridgehead atoms. The van der Waals surface area contributed by atoms with Gasteiger partial charge < -0.3 is 14.6 Å². The summed E-state index contributed by atoms with van der Waals surface area (Å²) in [6, 6.07) is 0. The van der Waals surface area contributed by atoms with Crippen molar-refractivity contribution in [2.75, 3.05) is 19.7 Å². The predicted molar refractivity (Wildman–Crippen MR) is 77.2 cm³/mol. The largest absolute Gasteiger partial charge is 0.395 e. The topological polar surface area (TPSA) is 58.4 Å². The summed E-state index contributed by atoms with van der Waals surface area (Å²) in [5.41, 5.74) is 0. The van der Waals surface area contributed by atoms with Crippen molar-refractivity contribution in [1.82, 2.24) is 14.5 Å². The van der Waals surface area contributed by atoms with E-state index in [1.807, 2.05) is 15.7 Å². The number of nitrogens with zero attached hydrogens (tertiary/aromatic N) is 3. The number of amides is 1. The maximum absolute atomic E-state index is 12.2. The van der Waals surface area contributed by atoms with Crippen molar-refractivity contribution in [3.63, 3.8) is 0 Å². The van der Waals surface area contributed by atoms with E-state index in [0.29, 0.717) is 19.4 Å². The van der Waals surface area contributed by atoms with Crippen LogP contribution in [0.2, 0.25) is 0 Å². The molecule has 1 fully saturated rings. The predicted octanol–water partition coefficient (Wildman–Crippen LogP) is 1.46. The summed E-state index contributed by atoms with van der Waals surface area (Å²) < 4.78 is 1.91. The van der Waals surface area contributed by atoms with Crippen LogP contribution in [0.1, 0.15) is 38.4 Å². The fourth-order valence-corrected chi connectivity index (χ4v) is 2.85. The van der Waals surface area contributed by atoms with Crippen LogP contribution < -0.4 is 0 Å². The molecule has 0 radical (unpaired) electrons. The number of hydrogen-bond acceptors (Lipinski definition) is 3. The Morgan fingerprint density at radius 3 is 2.85 bits per heavy atom. The molecule has 112 valence electrons. The number of aliphatic hydroxyl groups is 1. The summed E-state index contributed by atoms with van der Waals surface area (Å²) in [4.78, 5) is 18.4. The molecule has 1 aromatic heterocycles. The van der Waals surface area contributed by atoms with Crippen LogP contribution in [-0.2, 0) is 17.8 Å². The van der Waals surface area contributed by atoms with Gasteiger partial charge in [-0.25, -0.2) is 4.98 Å². The standard InChI is InChI=1S/C15H25N3O2/c1-2-13-5-8-18(9-6-13)15(20)4-3-14-16-7-10-17(14)11-12-19/h7,10,13,19H,2-6,8-9,11-12H2,1H3. The molecule has 0 saturated carbocycles. The van der Waals surface area contributed by atoms with Crippen LogP contribution in [0.15, 0.2) is 12.4 Å². The van der Waals surface area contributed by atoms with Gasteiger partial charge in [-0.15, -0.1) is 0 Å². The van der Waals surface area contributed by atoms with Gasteiger partial charge >= 0.3 is 0 Å². The van der Waals surface area contributed by atoms with E-state index >= 15 is 0 Å². The highest BCUT2D eigenvalue weighted by atomic mass is 16.3. The molecule has 2 rings (SSSR count). The van der Waals surface area contributed by atoms with Crippen molar-refractivity contribution in [2.24, 2.45) is 5.92 Å². The molecule has 0 aliphatic carbocycles. The molecular weight excluding hydrogens is 254 g/mol. The van der Waals surface area contributed by atoms with Crippen LogP contribution in [0.5, 0.6) is 0 Å². The van der Waals surface area contributed by atoms with Crippen LogP contribution >= 0.6 is 0 Å². The van der Waals surface area contributed by atoms with Crippen LogP contribution in [0.4, 0.5) is 0 Å². The first kappa shape index (κ1) is 15.0. The van der Waals surface area contributed by atoms with E-state index in [1.165, 1.54) is 6.42 Å². The third kappa shape index (κ3) is 3.82. The molecular formula is C15H25N3O2. The SMILES string of the molecule is CCC1CCN(C(=O)CCc2nccn2CCO)CC1. The number of carbonyl (C=O) groups is 1. The quantitative estimate of drug-likeness (QED) is 0.857. The lowest BCUT2D eigenvalue weighted by molar-refractivity contribution is -0.132. The Labute approximate surface area is 120 Å². The second-order valence-electron chi connectivity index (χ2n) is 5.49. The molecule has 1 aliphatic rings. The Hall–Kier alpha value is -1.36. The zero-order valence-corrected chi connectivity index (χ0v) is 12.3. The number of carbonyl (C=O) groups excluding carboxylic acids is 1. The molecule has 1 aromatic rings. The normalized spacial score (nSPS) is 16.6.